The molecule has 0 radical (unpaired) electrons. The molecular formula is C19H26N2O6S. The summed E-state index contributed by atoms with van der Waals surface area (Å²) in [6.07, 6.45) is -0.455. The third-order valence-corrected chi connectivity index (χ3v) is 6.72. The molecule has 9 heteroatoms. The number of hydrogen-bond donors (Lipinski definition) is 0. The van der Waals surface area contributed by atoms with Gasteiger partial charge in [-0.05, 0) is 51.5 Å². The van der Waals surface area contributed by atoms with Gasteiger partial charge in [0.25, 0.3) is 5.91 Å². The van der Waals surface area contributed by atoms with Crippen LogP contribution in [0.25, 0.3) is 0 Å². The number of rotatable bonds is 4. The highest BCUT2D eigenvalue weighted by Gasteiger charge is 2.31. The number of nitrogens with zero attached hydrogens (tertiary/aromatic N) is 2. The minimum absolute atomic E-state index is 0.0648. The average Bonchev–Trinajstić information content (AvgIpc) is 2.99. The van der Waals surface area contributed by atoms with E-state index in [1.54, 1.807) is 24.0 Å². The molecule has 2 aliphatic heterocycles. The van der Waals surface area contributed by atoms with Crippen LogP contribution in [0.2, 0.25) is 0 Å². The SMILES string of the molecule is CC1CN(C(=O)C(C)OC(=O)c2ccc(N3CCCS3(=O)=O)cc2)CC(C)O1. The van der Waals surface area contributed by atoms with E-state index in [9.17, 15) is 18.0 Å². The second-order valence-electron chi connectivity index (χ2n) is 7.34. The largest absolute Gasteiger partial charge is 0.449 e. The Morgan fingerprint density at radius 3 is 2.29 bits per heavy atom. The first kappa shape index (κ1) is 20.6. The molecule has 0 bridgehead atoms. The Morgan fingerprint density at radius 1 is 1.14 bits per heavy atom. The van der Waals surface area contributed by atoms with Gasteiger partial charge in [-0.15, -0.1) is 0 Å². The third-order valence-electron chi connectivity index (χ3n) is 4.85. The zero-order valence-electron chi connectivity index (χ0n) is 16.3. The quantitative estimate of drug-likeness (QED) is 0.697. The van der Waals surface area contributed by atoms with Crippen molar-refractivity contribution in [2.24, 2.45) is 0 Å². The van der Waals surface area contributed by atoms with Crippen LogP contribution in [0.15, 0.2) is 24.3 Å². The molecule has 3 atom stereocenters. The minimum atomic E-state index is -3.27. The standard InChI is InChI=1S/C19H26N2O6S/c1-13-11-20(12-14(2)26-13)18(22)15(3)27-19(23)16-5-7-17(8-6-16)21-9-4-10-28(21,24)25/h5-8,13-15H,4,9-12H2,1-3H3. The van der Waals surface area contributed by atoms with Crippen molar-refractivity contribution in [2.45, 2.75) is 45.5 Å². The Hall–Kier alpha value is -2.13. The molecule has 0 N–H and O–H groups in total. The van der Waals surface area contributed by atoms with E-state index in [0.29, 0.717) is 31.7 Å². The number of morpholine rings is 1. The van der Waals surface area contributed by atoms with E-state index in [1.165, 1.54) is 16.4 Å². The molecule has 1 aromatic rings. The molecule has 2 fully saturated rings. The van der Waals surface area contributed by atoms with Gasteiger partial charge in [0.1, 0.15) is 0 Å². The molecule has 154 valence electrons. The highest BCUT2D eigenvalue weighted by Crippen LogP contribution is 2.24. The summed E-state index contributed by atoms with van der Waals surface area (Å²) < 4.78 is 36.2. The number of esters is 1. The summed E-state index contributed by atoms with van der Waals surface area (Å²) in [5, 5.41) is 0. The first-order valence-electron chi connectivity index (χ1n) is 9.43. The van der Waals surface area contributed by atoms with Crippen LogP contribution in [0.3, 0.4) is 0 Å². The van der Waals surface area contributed by atoms with Crippen molar-refractivity contribution in [1.29, 1.82) is 0 Å². The Bertz CT molecular complexity index is 828. The maximum atomic E-state index is 12.6. The predicted molar refractivity (Wildman–Crippen MR) is 104 cm³/mol. The van der Waals surface area contributed by atoms with Crippen molar-refractivity contribution < 1.29 is 27.5 Å². The minimum Gasteiger partial charge on any atom is -0.449 e. The zero-order valence-corrected chi connectivity index (χ0v) is 17.1. The molecule has 0 spiro atoms. The lowest BCUT2D eigenvalue weighted by atomic mass is 10.2. The van der Waals surface area contributed by atoms with Gasteiger partial charge in [0.2, 0.25) is 10.0 Å². The van der Waals surface area contributed by atoms with Gasteiger partial charge in [0.05, 0.1) is 29.2 Å². The summed E-state index contributed by atoms with van der Waals surface area (Å²) in [4.78, 5) is 26.6. The van der Waals surface area contributed by atoms with Crippen LogP contribution in [0.1, 0.15) is 37.6 Å². The van der Waals surface area contributed by atoms with Crippen molar-refractivity contribution >= 4 is 27.6 Å². The number of hydrogen-bond acceptors (Lipinski definition) is 6. The number of amides is 1. The van der Waals surface area contributed by atoms with Crippen LogP contribution in [-0.2, 0) is 24.3 Å². The van der Waals surface area contributed by atoms with Gasteiger partial charge in [0, 0.05) is 19.6 Å². The van der Waals surface area contributed by atoms with Crippen molar-refractivity contribution in [3.8, 4) is 0 Å². The Kier molecular flexibility index (Phi) is 5.95. The van der Waals surface area contributed by atoms with Crippen molar-refractivity contribution in [3.05, 3.63) is 29.8 Å². The molecular weight excluding hydrogens is 384 g/mol. The van der Waals surface area contributed by atoms with E-state index in [4.69, 9.17) is 9.47 Å². The lowest BCUT2D eigenvalue weighted by Crippen LogP contribution is -2.51. The summed E-state index contributed by atoms with van der Waals surface area (Å²) in [6, 6.07) is 6.19. The number of sulfonamides is 1. The van der Waals surface area contributed by atoms with Crippen LogP contribution < -0.4 is 4.31 Å². The molecule has 3 rings (SSSR count). The lowest BCUT2D eigenvalue weighted by Gasteiger charge is -2.36. The van der Waals surface area contributed by atoms with Gasteiger partial charge in [-0.25, -0.2) is 13.2 Å². The van der Waals surface area contributed by atoms with Gasteiger partial charge >= 0.3 is 5.97 Å². The fourth-order valence-electron chi connectivity index (χ4n) is 3.59. The van der Waals surface area contributed by atoms with Gasteiger partial charge in [-0.3, -0.25) is 9.10 Å². The molecule has 0 aliphatic carbocycles. The molecule has 0 aromatic heterocycles. The normalized spacial score (nSPS) is 25.4. The van der Waals surface area contributed by atoms with Crippen molar-refractivity contribution in [3.63, 3.8) is 0 Å². The van der Waals surface area contributed by atoms with Gasteiger partial charge in [0.15, 0.2) is 6.10 Å². The topological polar surface area (TPSA) is 93.2 Å². The number of carbonyl (C=O) groups is 2. The molecule has 2 saturated heterocycles. The van der Waals surface area contributed by atoms with Gasteiger partial charge in [-0.2, -0.15) is 0 Å². The Morgan fingerprint density at radius 2 is 1.75 bits per heavy atom. The summed E-state index contributed by atoms with van der Waals surface area (Å²) in [6.45, 7) is 6.71. The van der Waals surface area contributed by atoms with E-state index in [-0.39, 0.29) is 29.4 Å². The van der Waals surface area contributed by atoms with Crippen molar-refractivity contribution in [1.82, 2.24) is 4.90 Å². The second-order valence-corrected chi connectivity index (χ2v) is 9.35. The Balaban J connectivity index is 1.62. The van der Waals surface area contributed by atoms with Crippen LogP contribution in [0.4, 0.5) is 5.69 Å². The molecule has 2 heterocycles. The first-order valence-corrected chi connectivity index (χ1v) is 11.0. The van der Waals surface area contributed by atoms with Crippen LogP contribution in [0.5, 0.6) is 0 Å². The fourth-order valence-corrected chi connectivity index (χ4v) is 5.15. The van der Waals surface area contributed by atoms with Gasteiger partial charge in [-0.1, -0.05) is 0 Å². The van der Waals surface area contributed by atoms with E-state index in [1.807, 2.05) is 13.8 Å². The molecule has 28 heavy (non-hydrogen) atoms. The first-order chi connectivity index (χ1) is 13.2. The maximum Gasteiger partial charge on any atom is 0.338 e. The third kappa shape index (κ3) is 4.47. The monoisotopic (exact) mass is 410 g/mol. The molecule has 8 nitrogen and oxygen atoms in total. The number of benzene rings is 1. The van der Waals surface area contributed by atoms with Gasteiger partial charge < -0.3 is 14.4 Å². The fraction of sp³-hybridized carbons (Fsp3) is 0.579. The molecule has 2 aliphatic rings. The molecule has 0 saturated carbocycles. The molecule has 3 unspecified atom stereocenters. The zero-order chi connectivity index (χ0) is 20.5. The Labute approximate surface area is 165 Å². The lowest BCUT2D eigenvalue weighted by molar-refractivity contribution is -0.151. The summed E-state index contributed by atoms with van der Waals surface area (Å²) in [5.74, 6) is -0.740. The predicted octanol–water partition coefficient (Wildman–Crippen LogP) is 1.41. The van der Waals surface area contributed by atoms with Crippen molar-refractivity contribution in [2.75, 3.05) is 29.7 Å². The number of ether oxygens (including phenoxy) is 2. The van der Waals surface area contributed by atoms with Crippen LogP contribution >= 0.6 is 0 Å². The summed E-state index contributed by atoms with van der Waals surface area (Å²) in [7, 11) is -3.27. The second kappa shape index (κ2) is 8.08. The van der Waals surface area contributed by atoms with E-state index >= 15 is 0 Å². The van der Waals surface area contributed by atoms with E-state index in [2.05, 4.69) is 0 Å². The maximum absolute atomic E-state index is 12.6. The number of carbonyl (C=O) groups excluding carboxylic acids is 2. The summed E-state index contributed by atoms with van der Waals surface area (Å²) in [5.41, 5.74) is 0.790. The molecule has 1 amide bonds. The smallest absolute Gasteiger partial charge is 0.338 e. The van der Waals surface area contributed by atoms with Crippen LogP contribution in [-0.4, -0.2) is 68.9 Å². The van der Waals surface area contributed by atoms with Crippen LogP contribution in [0, 0.1) is 0 Å². The summed E-state index contributed by atoms with van der Waals surface area (Å²) >= 11 is 0. The van der Waals surface area contributed by atoms with E-state index in [0.717, 1.165) is 0 Å². The highest BCUT2D eigenvalue weighted by molar-refractivity contribution is 7.93. The average molecular weight is 410 g/mol. The highest BCUT2D eigenvalue weighted by atomic mass is 32.2. The number of anilines is 1. The van der Waals surface area contributed by atoms with E-state index < -0.39 is 22.1 Å². The molecule has 1 aromatic carbocycles.